The van der Waals surface area contributed by atoms with Crippen molar-refractivity contribution in [1.29, 1.82) is 0 Å². The fraction of sp³-hybridized carbons (Fsp3) is 0.200. The van der Waals surface area contributed by atoms with E-state index in [1.807, 2.05) is 6.08 Å². The smallest absolute Gasteiger partial charge is 0.285 e. The molecular weight excluding hydrogens is 288 g/mol. The van der Waals surface area contributed by atoms with Gasteiger partial charge in [0, 0.05) is 23.9 Å². The maximum absolute atomic E-state index is 14.8. The van der Waals surface area contributed by atoms with E-state index < -0.39 is 11.7 Å². The molecule has 0 spiro atoms. The first-order chi connectivity index (χ1) is 10.7. The van der Waals surface area contributed by atoms with E-state index in [0.717, 1.165) is 4.52 Å². The molecule has 5 nitrogen and oxygen atoms in total. The van der Waals surface area contributed by atoms with Crippen molar-refractivity contribution in [2.24, 2.45) is 10.9 Å². The van der Waals surface area contributed by atoms with Crippen molar-refractivity contribution in [1.82, 2.24) is 19.8 Å². The standard InChI is InChI=1S/C15H11F2N5/c16-15(17,14-21-20-13-4-2-8-19-22(13)14)11-5-6-12-10(9-11)3-1-7-18-12/h1-10,12H. The van der Waals surface area contributed by atoms with Crippen LogP contribution < -0.4 is 0 Å². The molecule has 3 heterocycles. The van der Waals surface area contributed by atoms with Gasteiger partial charge in [0.25, 0.3) is 0 Å². The monoisotopic (exact) mass is 299 g/mol. The van der Waals surface area contributed by atoms with Gasteiger partial charge in [-0.3, -0.25) is 4.99 Å². The third kappa shape index (κ3) is 1.89. The van der Waals surface area contributed by atoms with Gasteiger partial charge in [-0.15, -0.1) is 10.2 Å². The van der Waals surface area contributed by atoms with E-state index in [9.17, 15) is 8.78 Å². The molecule has 0 saturated heterocycles. The molecule has 2 atom stereocenters. The maximum Gasteiger partial charge on any atom is 0.333 e. The topological polar surface area (TPSA) is 55.4 Å². The fourth-order valence-corrected chi connectivity index (χ4v) is 2.62. The summed E-state index contributed by atoms with van der Waals surface area (Å²) >= 11 is 0. The van der Waals surface area contributed by atoms with Gasteiger partial charge in [-0.1, -0.05) is 24.3 Å². The van der Waals surface area contributed by atoms with Gasteiger partial charge in [0.2, 0.25) is 5.82 Å². The van der Waals surface area contributed by atoms with Gasteiger partial charge in [-0.2, -0.15) is 18.4 Å². The molecule has 2 aliphatic rings. The molecule has 0 radical (unpaired) electrons. The Balaban J connectivity index is 1.78. The minimum atomic E-state index is -3.27. The van der Waals surface area contributed by atoms with Crippen molar-refractivity contribution in [3.63, 3.8) is 0 Å². The highest BCUT2D eigenvalue weighted by Crippen LogP contribution is 2.39. The number of aliphatic imine (C=N–C) groups is 1. The lowest BCUT2D eigenvalue weighted by Crippen LogP contribution is -2.26. The number of aromatic nitrogens is 4. The highest BCUT2D eigenvalue weighted by atomic mass is 19.3. The summed E-state index contributed by atoms with van der Waals surface area (Å²) in [6.07, 6.45) is 11.3. The highest BCUT2D eigenvalue weighted by molar-refractivity contribution is 5.73. The van der Waals surface area contributed by atoms with Crippen LogP contribution in [-0.4, -0.2) is 32.1 Å². The number of dihydropyridines is 1. The summed E-state index contributed by atoms with van der Waals surface area (Å²) in [6.45, 7) is 0. The average molecular weight is 299 g/mol. The maximum atomic E-state index is 14.8. The van der Waals surface area contributed by atoms with Gasteiger partial charge >= 0.3 is 5.92 Å². The van der Waals surface area contributed by atoms with Crippen molar-refractivity contribution in [2.45, 2.75) is 12.0 Å². The zero-order chi connectivity index (χ0) is 15.2. The summed E-state index contributed by atoms with van der Waals surface area (Å²) < 4.78 is 30.7. The van der Waals surface area contributed by atoms with Gasteiger partial charge in [-0.05, 0) is 18.2 Å². The van der Waals surface area contributed by atoms with Crippen molar-refractivity contribution >= 4 is 11.9 Å². The number of halogens is 2. The van der Waals surface area contributed by atoms with Crippen LogP contribution in [0.1, 0.15) is 5.82 Å². The molecule has 1 aliphatic carbocycles. The molecule has 0 aromatic carbocycles. The van der Waals surface area contributed by atoms with E-state index in [2.05, 4.69) is 20.3 Å². The first-order valence-electron chi connectivity index (χ1n) is 6.81. The molecule has 110 valence electrons. The largest absolute Gasteiger partial charge is 0.333 e. The lowest BCUT2D eigenvalue weighted by Gasteiger charge is -2.25. The SMILES string of the molecule is FC(F)(C1=CC2C=CC=NC2C=C1)c1nnc2cccnn12. The van der Waals surface area contributed by atoms with Gasteiger partial charge in [0.1, 0.15) is 0 Å². The van der Waals surface area contributed by atoms with Crippen LogP contribution in [0, 0.1) is 5.92 Å². The van der Waals surface area contributed by atoms with Crippen LogP contribution in [0.15, 0.2) is 59.3 Å². The molecule has 0 saturated carbocycles. The summed E-state index contributed by atoms with van der Waals surface area (Å²) in [4.78, 5) is 4.25. The molecule has 1 aliphatic heterocycles. The zero-order valence-corrected chi connectivity index (χ0v) is 11.3. The Bertz CT molecular complexity index is 846. The van der Waals surface area contributed by atoms with E-state index in [4.69, 9.17) is 0 Å². The molecule has 7 heteroatoms. The van der Waals surface area contributed by atoms with E-state index in [1.54, 1.807) is 30.5 Å². The summed E-state index contributed by atoms with van der Waals surface area (Å²) in [5, 5.41) is 11.3. The first-order valence-corrected chi connectivity index (χ1v) is 6.81. The number of hydrogen-bond donors (Lipinski definition) is 0. The lowest BCUT2D eigenvalue weighted by atomic mass is 9.88. The average Bonchev–Trinajstić information content (AvgIpc) is 2.99. The molecule has 0 fully saturated rings. The summed E-state index contributed by atoms with van der Waals surface area (Å²) in [5.41, 5.74) is 0.174. The van der Waals surface area contributed by atoms with Crippen LogP contribution in [-0.2, 0) is 5.92 Å². The number of alkyl halides is 2. The Kier molecular flexibility index (Phi) is 2.75. The summed E-state index contributed by atoms with van der Waals surface area (Å²) in [7, 11) is 0. The third-order valence-electron chi connectivity index (χ3n) is 3.74. The van der Waals surface area contributed by atoms with Crippen molar-refractivity contribution < 1.29 is 8.78 Å². The fourth-order valence-electron chi connectivity index (χ4n) is 2.62. The number of hydrogen-bond acceptors (Lipinski definition) is 4. The summed E-state index contributed by atoms with van der Waals surface area (Å²) in [5.74, 6) is -3.92. The first kappa shape index (κ1) is 13.0. The van der Waals surface area contributed by atoms with Crippen molar-refractivity contribution in [3.8, 4) is 0 Å². The minimum absolute atomic E-state index is 0.113. The second-order valence-electron chi connectivity index (χ2n) is 5.12. The van der Waals surface area contributed by atoms with Crippen LogP contribution in [0.2, 0.25) is 0 Å². The van der Waals surface area contributed by atoms with Gasteiger partial charge in [-0.25, -0.2) is 0 Å². The van der Waals surface area contributed by atoms with Crippen molar-refractivity contribution in [2.75, 3.05) is 0 Å². The third-order valence-corrected chi connectivity index (χ3v) is 3.74. The number of nitrogens with zero attached hydrogens (tertiary/aromatic N) is 5. The van der Waals surface area contributed by atoms with Gasteiger partial charge in [0.15, 0.2) is 5.65 Å². The molecule has 2 aromatic rings. The number of rotatable bonds is 2. The number of fused-ring (bicyclic) bond motifs is 2. The molecule has 0 bridgehead atoms. The Morgan fingerprint density at radius 3 is 3.00 bits per heavy atom. The quantitative estimate of drug-likeness (QED) is 0.855. The van der Waals surface area contributed by atoms with E-state index in [1.165, 1.54) is 18.3 Å². The Hall–Kier alpha value is -2.70. The second kappa shape index (κ2) is 4.66. The Morgan fingerprint density at radius 1 is 1.18 bits per heavy atom. The Morgan fingerprint density at radius 2 is 2.09 bits per heavy atom. The van der Waals surface area contributed by atoms with E-state index in [0.29, 0.717) is 0 Å². The number of allylic oxidation sites excluding steroid dienone is 3. The van der Waals surface area contributed by atoms with Crippen LogP contribution in [0.4, 0.5) is 8.78 Å². The van der Waals surface area contributed by atoms with Crippen LogP contribution >= 0.6 is 0 Å². The van der Waals surface area contributed by atoms with Crippen molar-refractivity contribution in [3.05, 3.63) is 60.1 Å². The molecule has 0 amide bonds. The lowest BCUT2D eigenvalue weighted by molar-refractivity contribution is 0.0287. The van der Waals surface area contributed by atoms with Crippen LogP contribution in [0.25, 0.3) is 5.65 Å². The zero-order valence-electron chi connectivity index (χ0n) is 11.3. The van der Waals surface area contributed by atoms with E-state index >= 15 is 0 Å². The highest BCUT2D eigenvalue weighted by Gasteiger charge is 2.42. The second-order valence-corrected chi connectivity index (χ2v) is 5.12. The van der Waals surface area contributed by atoms with E-state index in [-0.39, 0.29) is 23.2 Å². The predicted molar refractivity (Wildman–Crippen MR) is 76.8 cm³/mol. The molecule has 4 rings (SSSR count). The van der Waals surface area contributed by atoms with Gasteiger partial charge < -0.3 is 0 Å². The molecule has 22 heavy (non-hydrogen) atoms. The Labute approximate surface area is 124 Å². The molecule has 2 aromatic heterocycles. The molecular formula is C15H11F2N5. The predicted octanol–water partition coefficient (Wildman–Crippen LogP) is 2.34. The van der Waals surface area contributed by atoms with Crippen LogP contribution in [0.5, 0.6) is 0 Å². The van der Waals surface area contributed by atoms with Crippen LogP contribution in [0.3, 0.4) is 0 Å². The molecule has 2 unspecified atom stereocenters. The van der Waals surface area contributed by atoms with Gasteiger partial charge in [0.05, 0.1) is 6.04 Å². The normalized spacial score (nSPS) is 23.6. The summed E-state index contributed by atoms with van der Waals surface area (Å²) in [6, 6.07) is 3.10. The minimum Gasteiger partial charge on any atom is -0.285 e. The molecule has 0 N–H and O–H groups in total.